The summed E-state index contributed by atoms with van der Waals surface area (Å²) < 4.78 is 36.2. The summed E-state index contributed by atoms with van der Waals surface area (Å²) >= 11 is 1.65. The molecule has 30 heavy (non-hydrogen) atoms. The number of hydrogen-bond acceptors (Lipinski definition) is 7. The first-order chi connectivity index (χ1) is 14.4. The Labute approximate surface area is 179 Å². The second-order valence-corrected chi connectivity index (χ2v) is 9.82. The van der Waals surface area contributed by atoms with Crippen LogP contribution in [0.15, 0.2) is 74.5 Å². The minimum absolute atomic E-state index is 0.0353. The highest BCUT2D eigenvalue weighted by Gasteiger charge is 2.19. The van der Waals surface area contributed by atoms with E-state index in [2.05, 4.69) is 10.1 Å². The quantitative estimate of drug-likeness (QED) is 0.368. The fraction of sp³-hybridized carbons (Fsp3) is 0.182. The van der Waals surface area contributed by atoms with Crippen LogP contribution >= 0.6 is 11.8 Å². The highest BCUT2D eigenvalue weighted by Crippen LogP contribution is 2.26. The van der Waals surface area contributed by atoms with Crippen molar-refractivity contribution in [3.05, 3.63) is 77.6 Å². The van der Waals surface area contributed by atoms with Crippen LogP contribution in [0.2, 0.25) is 0 Å². The predicted molar refractivity (Wildman–Crippen MR) is 117 cm³/mol. The Kier molecular flexibility index (Phi) is 5.78. The van der Waals surface area contributed by atoms with Gasteiger partial charge in [0.25, 0.3) is 5.89 Å². The summed E-state index contributed by atoms with van der Waals surface area (Å²) in [6.07, 6.45) is 2.01. The normalized spacial score (nSPS) is 11.7. The average molecular weight is 441 g/mol. The van der Waals surface area contributed by atoms with Crippen molar-refractivity contribution in [2.45, 2.75) is 23.3 Å². The molecule has 2 aromatic heterocycles. The minimum Gasteiger partial charge on any atom is -0.455 e. The Bertz CT molecular complexity index is 1260. The van der Waals surface area contributed by atoms with Crippen LogP contribution in [0.3, 0.4) is 0 Å². The summed E-state index contributed by atoms with van der Waals surface area (Å²) in [5.41, 5.74) is 2.57. The molecule has 4 rings (SSSR count). The van der Waals surface area contributed by atoms with Crippen molar-refractivity contribution < 1.29 is 17.4 Å². The highest BCUT2D eigenvalue weighted by atomic mass is 32.2. The fourth-order valence-corrected chi connectivity index (χ4v) is 4.92. The van der Waals surface area contributed by atoms with Crippen LogP contribution in [0.25, 0.3) is 23.0 Å². The van der Waals surface area contributed by atoms with E-state index in [4.69, 9.17) is 8.94 Å². The summed E-state index contributed by atoms with van der Waals surface area (Å²) in [6.45, 7) is 1.90. The Morgan fingerprint density at radius 2 is 1.73 bits per heavy atom. The van der Waals surface area contributed by atoms with Crippen LogP contribution in [0.1, 0.15) is 16.9 Å². The lowest BCUT2D eigenvalue weighted by Crippen LogP contribution is -2.08. The van der Waals surface area contributed by atoms with Gasteiger partial charge in [0.05, 0.1) is 5.75 Å². The molecule has 0 saturated heterocycles. The molecule has 2 aromatic carbocycles. The Hall–Kier alpha value is -2.84. The van der Waals surface area contributed by atoms with Crippen LogP contribution in [-0.2, 0) is 21.3 Å². The van der Waals surface area contributed by atoms with E-state index in [1.165, 1.54) is 0 Å². The van der Waals surface area contributed by atoms with Gasteiger partial charge in [-0.3, -0.25) is 0 Å². The molecule has 6 nitrogen and oxygen atoms in total. The zero-order valence-corrected chi connectivity index (χ0v) is 18.2. The van der Waals surface area contributed by atoms with Crippen molar-refractivity contribution in [2.75, 3.05) is 6.26 Å². The van der Waals surface area contributed by atoms with E-state index in [1.54, 1.807) is 23.9 Å². The van der Waals surface area contributed by atoms with E-state index >= 15 is 0 Å². The van der Waals surface area contributed by atoms with Crippen LogP contribution in [0, 0.1) is 6.92 Å². The molecule has 0 saturated carbocycles. The first kappa shape index (κ1) is 20.4. The first-order valence-corrected chi connectivity index (χ1v) is 12.3. The molecule has 0 fully saturated rings. The van der Waals surface area contributed by atoms with E-state index in [1.807, 2.05) is 61.7 Å². The van der Waals surface area contributed by atoms with Gasteiger partial charge in [-0.15, -0.1) is 11.8 Å². The molecule has 2 heterocycles. The molecule has 0 radical (unpaired) electrons. The van der Waals surface area contributed by atoms with Gasteiger partial charge < -0.3 is 8.94 Å². The van der Waals surface area contributed by atoms with E-state index in [9.17, 15) is 8.42 Å². The van der Waals surface area contributed by atoms with Crippen LogP contribution < -0.4 is 0 Å². The molecule has 0 amide bonds. The first-order valence-electron chi connectivity index (χ1n) is 9.26. The average Bonchev–Trinajstić information content (AvgIpc) is 3.39. The maximum atomic E-state index is 12.6. The van der Waals surface area contributed by atoms with Crippen molar-refractivity contribution in [3.63, 3.8) is 0 Å². The molecule has 0 atom stereocenters. The maximum absolute atomic E-state index is 12.6. The van der Waals surface area contributed by atoms with Gasteiger partial charge in [0.1, 0.15) is 11.5 Å². The van der Waals surface area contributed by atoms with E-state index in [0.29, 0.717) is 17.3 Å². The number of thioether (sulfide) groups is 1. The molecule has 0 spiro atoms. The van der Waals surface area contributed by atoms with E-state index in [0.717, 1.165) is 21.6 Å². The molecule has 0 aliphatic heterocycles. The van der Waals surface area contributed by atoms with Crippen molar-refractivity contribution >= 4 is 21.6 Å². The predicted octanol–water partition coefficient (Wildman–Crippen LogP) is 5.14. The van der Waals surface area contributed by atoms with Gasteiger partial charge in [0, 0.05) is 10.5 Å². The number of benzene rings is 2. The molecule has 0 N–H and O–H groups in total. The highest BCUT2D eigenvalue weighted by molar-refractivity contribution is 7.98. The molecular weight excluding hydrogens is 420 g/mol. The van der Waals surface area contributed by atoms with Gasteiger partial charge in [-0.05, 0) is 60.7 Å². The SMILES string of the molecule is CSc1ccc(-c2noc(-c3ccc(CS(=O)(=O)Cc4ccccc4C)o3)n2)cc1. The largest absolute Gasteiger partial charge is 0.455 e. The van der Waals surface area contributed by atoms with Crippen molar-refractivity contribution in [2.24, 2.45) is 0 Å². The number of hydrogen-bond donors (Lipinski definition) is 0. The number of rotatable bonds is 7. The third-order valence-corrected chi connectivity index (χ3v) is 6.86. The van der Waals surface area contributed by atoms with E-state index in [-0.39, 0.29) is 17.4 Å². The summed E-state index contributed by atoms with van der Waals surface area (Å²) in [7, 11) is -3.39. The third-order valence-electron chi connectivity index (χ3n) is 4.65. The van der Waals surface area contributed by atoms with Crippen LogP contribution in [-0.4, -0.2) is 24.8 Å². The molecule has 0 unspecified atom stereocenters. The number of sulfone groups is 1. The summed E-state index contributed by atoms with van der Waals surface area (Å²) in [5, 5.41) is 4.00. The summed E-state index contributed by atoms with van der Waals surface area (Å²) in [6, 6.07) is 18.5. The van der Waals surface area contributed by atoms with Gasteiger partial charge in [0.15, 0.2) is 15.6 Å². The second kappa shape index (κ2) is 8.49. The zero-order valence-electron chi connectivity index (χ0n) is 16.5. The lowest BCUT2D eigenvalue weighted by molar-refractivity contribution is 0.413. The van der Waals surface area contributed by atoms with E-state index < -0.39 is 9.84 Å². The summed E-state index contributed by atoms with van der Waals surface area (Å²) in [4.78, 5) is 5.51. The van der Waals surface area contributed by atoms with Crippen LogP contribution in [0.5, 0.6) is 0 Å². The van der Waals surface area contributed by atoms with Gasteiger partial charge in [0.2, 0.25) is 5.82 Å². The molecule has 4 aromatic rings. The fourth-order valence-electron chi connectivity index (χ4n) is 3.03. The standard InChI is InChI=1S/C22H20N2O4S2/c1-15-5-3-4-6-17(15)13-30(25,26)14-18-9-12-20(27-18)22-23-21(24-28-22)16-7-10-19(29-2)11-8-16/h3-12H,13-14H2,1-2H3. The van der Waals surface area contributed by atoms with Crippen molar-refractivity contribution in [3.8, 4) is 23.0 Å². The second-order valence-electron chi connectivity index (χ2n) is 6.88. The van der Waals surface area contributed by atoms with Crippen molar-refractivity contribution in [1.29, 1.82) is 0 Å². The number of aryl methyl sites for hydroxylation is 1. The molecule has 8 heteroatoms. The monoisotopic (exact) mass is 440 g/mol. The number of aromatic nitrogens is 2. The lowest BCUT2D eigenvalue weighted by atomic mass is 10.1. The zero-order chi connectivity index (χ0) is 21.1. The van der Waals surface area contributed by atoms with Gasteiger partial charge in [-0.1, -0.05) is 29.4 Å². The molecule has 0 aliphatic rings. The Morgan fingerprint density at radius 3 is 2.47 bits per heavy atom. The molecular formula is C22H20N2O4S2. The van der Waals surface area contributed by atoms with Crippen LogP contribution in [0.4, 0.5) is 0 Å². The molecule has 0 bridgehead atoms. The maximum Gasteiger partial charge on any atom is 0.293 e. The number of nitrogens with zero attached hydrogens (tertiary/aromatic N) is 2. The lowest BCUT2D eigenvalue weighted by Gasteiger charge is -2.06. The minimum atomic E-state index is -3.39. The number of furan rings is 1. The Morgan fingerprint density at radius 1 is 0.967 bits per heavy atom. The van der Waals surface area contributed by atoms with Gasteiger partial charge in [-0.25, -0.2) is 8.42 Å². The third kappa shape index (κ3) is 4.66. The molecule has 0 aliphatic carbocycles. The van der Waals surface area contributed by atoms with Gasteiger partial charge >= 0.3 is 0 Å². The van der Waals surface area contributed by atoms with Gasteiger partial charge in [-0.2, -0.15) is 4.98 Å². The topological polar surface area (TPSA) is 86.2 Å². The summed E-state index contributed by atoms with van der Waals surface area (Å²) in [5.74, 6) is 1.10. The van der Waals surface area contributed by atoms with Crippen molar-refractivity contribution in [1.82, 2.24) is 10.1 Å². The Balaban J connectivity index is 1.49. The smallest absolute Gasteiger partial charge is 0.293 e. The molecule has 154 valence electrons.